The summed E-state index contributed by atoms with van der Waals surface area (Å²) in [6, 6.07) is 26.6. The molecule has 0 atom stereocenters. The molecular formula is C80H140N4. The second-order valence-electron chi connectivity index (χ2n) is 37.6. The number of benzene rings is 2. The van der Waals surface area contributed by atoms with Gasteiger partial charge in [-0.05, 0) is 194 Å². The average Bonchev–Trinajstić information content (AvgIpc) is 3.32. The Hall–Kier alpha value is -3.34. The number of likely N-dealkylation sites (tertiary alicyclic amines) is 2. The molecule has 0 radical (unpaired) electrons. The van der Waals surface area contributed by atoms with E-state index in [-0.39, 0.29) is 43.3 Å². The monoisotopic (exact) mass is 1160 g/mol. The first-order valence-corrected chi connectivity index (χ1v) is 32.9. The van der Waals surface area contributed by atoms with Crippen LogP contribution in [0.4, 0.5) is 0 Å². The van der Waals surface area contributed by atoms with Gasteiger partial charge in [0.05, 0.1) is 0 Å². The van der Waals surface area contributed by atoms with Crippen molar-refractivity contribution < 1.29 is 0 Å². The van der Waals surface area contributed by atoms with Gasteiger partial charge in [-0.2, -0.15) is 0 Å². The molecule has 2 aromatic heterocycles. The van der Waals surface area contributed by atoms with Crippen molar-refractivity contribution in [2.24, 2.45) is 22.7 Å². The average molecular weight is 1160 g/mol. The summed E-state index contributed by atoms with van der Waals surface area (Å²) in [5.74, 6) is 1.84. The largest absolute Gasteiger partial charge is 0.298 e. The molecule has 2 aromatic carbocycles. The van der Waals surface area contributed by atoms with Gasteiger partial charge in [-0.15, -0.1) is 0 Å². The molecule has 0 unspecified atom stereocenters. The maximum atomic E-state index is 4.52. The van der Waals surface area contributed by atoms with Crippen LogP contribution in [0.1, 0.15) is 320 Å². The Labute approximate surface area is 525 Å². The van der Waals surface area contributed by atoms with Crippen molar-refractivity contribution in [1.29, 1.82) is 0 Å². The van der Waals surface area contributed by atoms with Crippen LogP contribution < -0.4 is 0 Å². The van der Waals surface area contributed by atoms with Gasteiger partial charge in [0.2, 0.25) is 0 Å². The van der Waals surface area contributed by atoms with E-state index < -0.39 is 0 Å². The molecule has 0 spiro atoms. The SMILES string of the molecule is CC(C)(C)C1CCN(C(C)(C)C)CC1.CC(C)(C)C1CCN(C(C)(C)C)CC1.CC(C)(C)c1ccc(C(C)(C)C)cc1.CC(C)(C)c1ccc(C(C)(C)C)nc1.CC(C)(C)c1ccc(C(C)(C)C)nc1.CC(C)(C)c1cccc(C(C)(C)C)c1. The maximum Gasteiger partial charge on any atom is 0.0457 e. The molecule has 0 N–H and O–H groups in total. The molecule has 0 amide bonds. The number of hydrogen-bond donors (Lipinski definition) is 0. The summed E-state index contributed by atoms with van der Waals surface area (Å²) in [5, 5.41) is 0. The first-order valence-electron chi connectivity index (χ1n) is 32.9. The molecule has 4 heterocycles. The Bertz CT molecular complexity index is 2080. The fourth-order valence-corrected chi connectivity index (χ4v) is 10.3. The summed E-state index contributed by atoms with van der Waals surface area (Å²) in [7, 11) is 0. The molecule has 2 fully saturated rings. The van der Waals surface area contributed by atoms with Gasteiger partial charge in [0.25, 0.3) is 0 Å². The van der Waals surface area contributed by atoms with Crippen LogP contribution >= 0.6 is 0 Å². The minimum absolute atomic E-state index is 0.149. The zero-order chi connectivity index (χ0) is 65.9. The lowest BCUT2D eigenvalue weighted by molar-refractivity contribution is 0.0532. The molecule has 4 heteroatoms. The van der Waals surface area contributed by atoms with Crippen LogP contribution in [0, 0.1) is 22.7 Å². The molecule has 0 aliphatic carbocycles. The van der Waals surface area contributed by atoms with Gasteiger partial charge >= 0.3 is 0 Å². The van der Waals surface area contributed by atoms with E-state index in [0.717, 1.165) is 23.2 Å². The number of pyridine rings is 2. The molecule has 6 rings (SSSR count). The molecule has 84 heavy (non-hydrogen) atoms. The van der Waals surface area contributed by atoms with Gasteiger partial charge in [-0.1, -0.05) is 268 Å². The Balaban J connectivity index is 0.000000504. The second kappa shape index (κ2) is 29.8. The van der Waals surface area contributed by atoms with Gasteiger partial charge < -0.3 is 0 Å². The molecule has 2 aliphatic rings. The van der Waals surface area contributed by atoms with E-state index >= 15 is 0 Å². The normalized spacial score (nSPS) is 16.2. The van der Waals surface area contributed by atoms with E-state index in [9.17, 15) is 0 Å². The predicted octanol–water partition coefficient (Wildman–Crippen LogP) is 23.0. The lowest BCUT2D eigenvalue weighted by Crippen LogP contribution is -2.47. The fraction of sp³-hybridized carbons (Fsp3) is 0.725. The number of hydrogen-bond acceptors (Lipinski definition) is 4. The second-order valence-corrected chi connectivity index (χ2v) is 37.6. The van der Waals surface area contributed by atoms with Crippen molar-refractivity contribution in [2.45, 2.75) is 329 Å². The van der Waals surface area contributed by atoms with Gasteiger partial charge in [0, 0.05) is 45.7 Å². The quantitative estimate of drug-likeness (QED) is 0.176. The third-order valence-electron chi connectivity index (χ3n) is 17.3. The van der Waals surface area contributed by atoms with E-state index in [1.807, 2.05) is 12.4 Å². The van der Waals surface area contributed by atoms with Crippen molar-refractivity contribution in [2.75, 3.05) is 26.2 Å². The van der Waals surface area contributed by atoms with E-state index in [4.69, 9.17) is 0 Å². The van der Waals surface area contributed by atoms with E-state index in [2.05, 4.69) is 342 Å². The first kappa shape index (κ1) is 78.7. The number of piperidine rings is 2. The highest BCUT2D eigenvalue weighted by Crippen LogP contribution is 2.38. The minimum Gasteiger partial charge on any atom is -0.298 e. The molecule has 4 nitrogen and oxygen atoms in total. The Morgan fingerprint density at radius 3 is 0.667 bits per heavy atom. The molecule has 0 saturated carbocycles. The molecule has 4 aromatic rings. The fourth-order valence-electron chi connectivity index (χ4n) is 10.3. The van der Waals surface area contributed by atoms with Crippen molar-refractivity contribution >= 4 is 0 Å². The zero-order valence-corrected chi connectivity index (χ0v) is 62.7. The van der Waals surface area contributed by atoms with Gasteiger partial charge in [-0.3, -0.25) is 19.8 Å². The molecule has 2 saturated heterocycles. The summed E-state index contributed by atoms with van der Waals surface area (Å²) in [6.07, 6.45) is 9.50. The van der Waals surface area contributed by atoms with E-state index in [1.54, 1.807) is 0 Å². The Morgan fingerprint density at radius 1 is 0.274 bits per heavy atom. The number of rotatable bonds is 0. The van der Waals surface area contributed by atoms with Gasteiger partial charge in [-0.25, -0.2) is 0 Å². The molecule has 480 valence electrons. The van der Waals surface area contributed by atoms with Crippen molar-refractivity contribution in [1.82, 2.24) is 19.8 Å². The minimum atomic E-state index is 0.149. The topological polar surface area (TPSA) is 32.3 Å². The summed E-state index contributed by atoms with van der Waals surface area (Å²) in [4.78, 5) is 14.3. The molecule has 0 bridgehead atoms. The van der Waals surface area contributed by atoms with Crippen LogP contribution in [-0.2, 0) is 43.3 Å². The highest BCUT2D eigenvalue weighted by molar-refractivity contribution is 5.33. The first-order chi connectivity index (χ1) is 37.3. The number of aromatic nitrogens is 2. The third kappa shape index (κ3) is 28.7. The van der Waals surface area contributed by atoms with E-state index in [0.29, 0.717) is 21.9 Å². The van der Waals surface area contributed by atoms with Gasteiger partial charge in [0.15, 0.2) is 0 Å². The highest BCUT2D eigenvalue weighted by Gasteiger charge is 2.34. The Morgan fingerprint density at radius 2 is 0.500 bits per heavy atom. The van der Waals surface area contributed by atoms with Crippen LogP contribution in [0.2, 0.25) is 0 Å². The smallest absolute Gasteiger partial charge is 0.0457 e. The summed E-state index contributed by atoms with van der Waals surface area (Å²) >= 11 is 0. The van der Waals surface area contributed by atoms with Crippen LogP contribution in [-0.4, -0.2) is 57.0 Å². The van der Waals surface area contributed by atoms with Crippen molar-refractivity contribution in [3.05, 3.63) is 130 Å². The lowest BCUT2D eigenvalue weighted by Gasteiger charge is -2.44. The summed E-state index contributed by atoms with van der Waals surface area (Å²) < 4.78 is 0. The highest BCUT2D eigenvalue weighted by atomic mass is 15.2. The van der Waals surface area contributed by atoms with Crippen LogP contribution in [0.15, 0.2) is 85.2 Å². The van der Waals surface area contributed by atoms with Crippen LogP contribution in [0.5, 0.6) is 0 Å². The summed E-state index contributed by atoms with van der Waals surface area (Å²) in [5.41, 5.74) is 14.0. The molecular weight excluding hydrogens is 1020 g/mol. The van der Waals surface area contributed by atoms with E-state index in [1.165, 1.54) is 85.2 Å². The van der Waals surface area contributed by atoms with Crippen molar-refractivity contribution in [3.8, 4) is 0 Å². The zero-order valence-electron chi connectivity index (χ0n) is 62.7. The third-order valence-corrected chi connectivity index (χ3v) is 17.3. The van der Waals surface area contributed by atoms with Crippen LogP contribution in [0.3, 0.4) is 0 Å². The lowest BCUT2D eigenvalue weighted by atomic mass is 9.75. The Kier molecular flexibility index (Phi) is 27.9. The number of nitrogens with zero attached hydrogens (tertiary/aromatic N) is 4. The van der Waals surface area contributed by atoms with Crippen LogP contribution in [0.25, 0.3) is 0 Å². The predicted molar refractivity (Wildman–Crippen MR) is 378 cm³/mol. The summed E-state index contributed by atoms with van der Waals surface area (Å²) in [6.45, 7) is 86.8. The van der Waals surface area contributed by atoms with Gasteiger partial charge in [0.1, 0.15) is 0 Å². The maximum absolute atomic E-state index is 4.52. The van der Waals surface area contributed by atoms with Crippen molar-refractivity contribution in [3.63, 3.8) is 0 Å². The standard InChI is InChI=1S/2C14H22.2C13H27N.2C13H21N/c1-13(2,3)11-7-9-12(10-8-11)14(4,5)6;1-13(2,3)11-8-7-9-12(10-11)14(4,5)6;2*1-12(2,3)11-7-9-14(10-8-11)13(4,5)6;2*1-12(2,3)10-7-8-11(14-9-10)13(4,5)6/h2*7-10H,1-6H3;2*11H,7-10H2,1-6H3;2*7-9H,1-6H3. The molecule has 2 aliphatic heterocycles.